The molecule has 0 aliphatic heterocycles. The van der Waals surface area contributed by atoms with Crippen LogP contribution in [-0.4, -0.2) is 25.2 Å². The summed E-state index contributed by atoms with van der Waals surface area (Å²) in [4.78, 5) is 4.81. The molecule has 0 atom stereocenters. The third kappa shape index (κ3) is 2.23. The Hall–Kier alpha value is -1.81. The van der Waals surface area contributed by atoms with E-state index in [1.54, 1.807) is 0 Å². The molecule has 0 aliphatic rings. The topological polar surface area (TPSA) is 35.6 Å². The molecule has 3 aromatic rings. The van der Waals surface area contributed by atoms with Crippen molar-refractivity contribution >= 4 is 22.8 Å². The first-order valence-electron chi connectivity index (χ1n) is 7.22. The average molecular weight is 303 g/mol. The molecule has 2 aromatic heterocycles. The van der Waals surface area contributed by atoms with Gasteiger partial charge in [-0.15, -0.1) is 11.6 Å². The molecule has 0 amide bonds. The van der Waals surface area contributed by atoms with Gasteiger partial charge in [-0.3, -0.25) is 4.57 Å². The summed E-state index contributed by atoms with van der Waals surface area (Å²) in [5, 5.41) is 4.59. The Morgan fingerprint density at radius 3 is 2.67 bits per heavy atom. The van der Waals surface area contributed by atoms with E-state index in [0.717, 1.165) is 41.2 Å². The second kappa shape index (κ2) is 5.53. The Bertz CT molecular complexity index is 785. The van der Waals surface area contributed by atoms with Crippen LogP contribution in [0.2, 0.25) is 0 Å². The quantitative estimate of drug-likeness (QED) is 0.692. The molecular weight excluding hydrogens is 284 g/mol. The zero-order valence-corrected chi connectivity index (χ0v) is 13.4. The van der Waals surface area contributed by atoms with Crippen LogP contribution >= 0.6 is 11.6 Å². The van der Waals surface area contributed by atoms with Gasteiger partial charge >= 0.3 is 0 Å². The lowest BCUT2D eigenvalue weighted by molar-refractivity contribution is 0.740. The molecule has 1 aromatic carbocycles. The summed E-state index contributed by atoms with van der Waals surface area (Å²) in [7, 11) is 1.97. The SMILES string of the molecule is CCc1nn(C)c2c1nc(CCCl)n2-c1ccccc1C. The number of hydrogen-bond acceptors (Lipinski definition) is 2. The first-order chi connectivity index (χ1) is 10.2. The van der Waals surface area contributed by atoms with Crippen LogP contribution < -0.4 is 0 Å². The van der Waals surface area contributed by atoms with Gasteiger partial charge in [-0.2, -0.15) is 5.10 Å². The van der Waals surface area contributed by atoms with Gasteiger partial charge in [0.15, 0.2) is 5.65 Å². The monoisotopic (exact) mass is 302 g/mol. The second-order valence-corrected chi connectivity index (χ2v) is 5.56. The van der Waals surface area contributed by atoms with Crippen LogP contribution in [0.25, 0.3) is 16.9 Å². The smallest absolute Gasteiger partial charge is 0.163 e. The van der Waals surface area contributed by atoms with Crippen molar-refractivity contribution in [1.29, 1.82) is 0 Å². The lowest BCUT2D eigenvalue weighted by atomic mass is 10.2. The predicted molar refractivity (Wildman–Crippen MR) is 86.4 cm³/mol. The highest BCUT2D eigenvalue weighted by Crippen LogP contribution is 2.26. The molecule has 0 aliphatic carbocycles. The standard InChI is InChI=1S/C16H19ClN4/c1-4-12-15-16(20(3)19-12)21(14(18-15)9-10-17)13-8-6-5-7-11(13)2/h5-8H,4,9-10H2,1-3H3. The highest BCUT2D eigenvalue weighted by molar-refractivity contribution is 6.17. The van der Waals surface area contributed by atoms with Crippen molar-refractivity contribution < 1.29 is 0 Å². The zero-order chi connectivity index (χ0) is 15.0. The minimum atomic E-state index is 0.560. The van der Waals surface area contributed by atoms with E-state index in [1.165, 1.54) is 5.56 Å². The molecule has 0 unspecified atom stereocenters. The molecule has 5 heteroatoms. The molecule has 2 heterocycles. The van der Waals surface area contributed by atoms with Gasteiger partial charge in [0.25, 0.3) is 0 Å². The maximum atomic E-state index is 5.97. The van der Waals surface area contributed by atoms with Crippen molar-refractivity contribution in [1.82, 2.24) is 19.3 Å². The minimum Gasteiger partial charge on any atom is -0.281 e. The summed E-state index contributed by atoms with van der Waals surface area (Å²) in [6, 6.07) is 8.33. The van der Waals surface area contributed by atoms with Crippen LogP contribution in [0.5, 0.6) is 0 Å². The van der Waals surface area contributed by atoms with E-state index < -0.39 is 0 Å². The molecule has 0 bridgehead atoms. The first-order valence-corrected chi connectivity index (χ1v) is 7.76. The number of hydrogen-bond donors (Lipinski definition) is 0. The lowest BCUT2D eigenvalue weighted by Gasteiger charge is -2.11. The number of aromatic nitrogens is 4. The average Bonchev–Trinajstić information content (AvgIpc) is 2.98. The molecule has 3 rings (SSSR count). The van der Waals surface area contributed by atoms with Gasteiger partial charge in [0.1, 0.15) is 11.3 Å². The highest BCUT2D eigenvalue weighted by atomic mass is 35.5. The molecule has 0 spiro atoms. The second-order valence-electron chi connectivity index (χ2n) is 5.18. The fourth-order valence-corrected chi connectivity index (χ4v) is 2.95. The number of aryl methyl sites for hydroxylation is 4. The van der Waals surface area contributed by atoms with E-state index in [0.29, 0.717) is 5.88 Å². The van der Waals surface area contributed by atoms with E-state index in [4.69, 9.17) is 16.6 Å². The maximum absolute atomic E-state index is 5.97. The number of rotatable bonds is 4. The number of para-hydroxylation sites is 1. The van der Waals surface area contributed by atoms with Gasteiger partial charge in [-0.1, -0.05) is 25.1 Å². The Labute approximate surface area is 129 Å². The maximum Gasteiger partial charge on any atom is 0.163 e. The zero-order valence-electron chi connectivity index (χ0n) is 12.6. The van der Waals surface area contributed by atoms with Crippen LogP contribution in [0.4, 0.5) is 0 Å². The van der Waals surface area contributed by atoms with Crippen molar-refractivity contribution in [2.24, 2.45) is 7.05 Å². The van der Waals surface area contributed by atoms with Crippen LogP contribution in [0.15, 0.2) is 24.3 Å². The number of nitrogens with zero attached hydrogens (tertiary/aromatic N) is 4. The lowest BCUT2D eigenvalue weighted by Crippen LogP contribution is -2.07. The van der Waals surface area contributed by atoms with Crippen molar-refractivity contribution in [2.75, 3.05) is 5.88 Å². The normalized spacial score (nSPS) is 11.4. The van der Waals surface area contributed by atoms with Crippen molar-refractivity contribution in [3.05, 3.63) is 41.3 Å². The number of alkyl halides is 1. The van der Waals surface area contributed by atoms with Gasteiger partial charge in [0.05, 0.1) is 11.4 Å². The van der Waals surface area contributed by atoms with Crippen LogP contribution in [0.3, 0.4) is 0 Å². The van der Waals surface area contributed by atoms with E-state index >= 15 is 0 Å². The molecule has 110 valence electrons. The van der Waals surface area contributed by atoms with Crippen LogP contribution in [-0.2, 0) is 19.9 Å². The summed E-state index contributed by atoms with van der Waals surface area (Å²) < 4.78 is 4.12. The molecule has 0 N–H and O–H groups in total. The predicted octanol–water partition coefficient (Wildman–Crippen LogP) is 3.41. The van der Waals surface area contributed by atoms with E-state index in [1.807, 2.05) is 11.7 Å². The molecular formula is C16H19ClN4. The molecule has 21 heavy (non-hydrogen) atoms. The van der Waals surface area contributed by atoms with Gasteiger partial charge < -0.3 is 0 Å². The summed E-state index contributed by atoms with van der Waals surface area (Å²) in [5.74, 6) is 1.56. The molecule has 0 radical (unpaired) electrons. The van der Waals surface area contributed by atoms with Gasteiger partial charge in [0.2, 0.25) is 0 Å². The third-order valence-corrected chi connectivity index (χ3v) is 3.97. The number of halogens is 1. The first kappa shape index (κ1) is 14.1. The van der Waals surface area contributed by atoms with E-state index in [-0.39, 0.29) is 0 Å². The third-order valence-electron chi connectivity index (χ3n) is 3.78. The van der Waals surface area contributed by atoms with Crippen molar-refractivity contribution in [3.63, 3.8) is 0 Å². The van der Waals surface area contributed by atoms with Crippen molar-refractivity contribution in [3.8, 4) is 5.69 Å². The van der Waals surface area contributed by atoms with Crippen molar-refractivity contribution in [2.45, 2.75) is 26.7 Å². The fraction of sp³-hybridized carbons (Fsp3) is 0.375. The number of imidazole rings is 1. The Morgan fingerprint density at radius 2 is 2.00 bits per heavy atom. The Balaban J connectivity index is 2.36. The van der Waals surface area contributed by atoms with Gasteiger partial charge in [0, 0.05) is 19.3 Å². The van der Waals surface area contributed by atoms with E-state index in [9.17, 15) is 0 Å². The summed E-state index contributed by atoms with van der Waals surface area (Å²) in [6.45, 7) is 4.22. The number of benzene rings is 1. The summed E-state index contributed by atoms with van der Waals surface area (Å²) >= 11 is 5.97. The molecule has 0 saturated heterocycles. The largest absolute Gasteiger partial charge is 0.281 e. The molecule has 4 nitrogen and oxygen atoms in total. The highest BCUT2D eigenvalue weighted by Gasteiger charge is 2.19. The molecule has 0 fully saturated rings. The Kier molecular flexibility index (Phi) is 3.72. The fourth-order valence-electron chi connectivity index (χ4n) is 2.78. The summed E-state index contributed by atoms with van der Waals surface area (Å²) in [5.41, 5.74) is 5.43. The minimum absolute atomic E-state index is 0.560. The molecule has 0 saturated carbocycles. The van der Waals surface area contributed by atoms with Crippen LogP contribution in [0.1, 0.15) is 24.0 Å². The Morgan fingerprint density at radius 1 is 1.24 bits per heavy atom. The van der Waals surface area contributed by atoms with Crippen LogP contribution in [0, 0.1) is 6.92 Å². The summed E-state index contributed by atoms with van der Waals surface area (Å²) in [6.07, 6.45) is 1.62. The van der Waals surface area contributed by atoms with Gasteiger partial charge in [-0.05, 0) is 25.0 Å². The van der Waals surface area contributed by atoms with E-state index in [2.05, 4.69) is 47.8 Å². The van der Waals surface area contributed by atoms with Gasteiger partial charge in [-0.25, -0.2) is 9.67 Å². The number of fused-ring (bicyclic) bond motifs is 1.